The fraction of sp³-hybridized carbons (Fsp3) is 0.435. The van der Waals surface area contributed by atoms with E-state index >= 15 is 0 Å². The summed E-state index contributed by atoms with van der Waals surface area (Å²) >= 11 is 6.14. The molecule has 2 saturated carbocycles. The minimum Gasteiger partial charge on any atom is -0.348 e. The van der Waals surface area contributed by atoms with E-state index in [1.54, 1.807) is 10.7 Å². The van der Waals surface area contributed by atoms with Gasteiger partial charge in [-0.1, -0.05) is 24.1 Å². The number of hydrogen-bond acceptors (Lipinski definition) is 3. The van der Waals surface area contributed by atoms with E-state index < -0.39 is 0 Å². The van der Waals surface area contributed by atoms with Crippen LogP contribution in [0, 0.1) is 12.8 Å². The molecule has 156 valence electrons. The molecule has 3 aromatic rings. The van der Waals surface area contributed by atoms with E-state index in [-0.39, 0.29) is 23.4 Å². The molecule has 0 radical (unpaired) electrons. The first kappa shape index (κ1) is 19.4. The van der Waals surface area contributed by atoms with Crippen LogP contribution in [0.25, 0.3) is 16.8 Å². The highest BCUT2D eigenvalue weighted by Gasteiger charge is 2.34. The number of rotatable bonds is 5. The molecule has 0 unspecified atom stereocenters. The van der Waals surface area contributed by atoms with Crippen LogP contribution in [0.3, 0.4) is 0 Å². The van der Waals surface area contributed by atoms with Gasteiger partial charge >= 0.3 is 0 Å². The van der Waals surface area contributed by atoms with Gasteiger partial charge in [-0.25, -0.2) is 4.52 Å². The SMILES string of the molecule is Cc1cc(-c2cn3nc(C(=O)N[C@@H](C)C4CC4)c(C4CCC4)c3c(=O)[nH]2)ccc1Cl. The quantitative estimate of drug-likeness (QED) is 0.635. The Hall–Kier alpha value is -2.60. The lowest BCUT2D eigenvalue weighted by Crippen LogP contribution is -2.35. The van der Waals surface area contributed by atoms with Gasteiger partial charge in [0.25, 0.3) is 11.5 Å². The first-order chi connectivity index (χ1) is 14.4. The minimum absolute atomic E-state index is 0.127. The predicted molar refractivity (Wildman–Crippen MR) is 117 cm³/mol. The van der Waals surface area contributed by atoms with E-state index in [4.69, 9.17) is 11.6 Å². The van der Waals surface area contributed by atoms with E-state index in [0.717, 1.165) is 48.8 Å². The lowest BCUT2D eigenvalue weighted by atomic mass is 9.79. The second-order valence-corrected chi connectivity index (χ2v) is 9.15. The van der Waals surface area contributed by atoms with E-state index in [2.05, 4.69) is 15.4 Å². The molecule has 2 aromatic heterocycles. The van der Waals surface area contributed by atoms with Crippen molar-refractivity contribution in [2.45, 2.75) is 57.9 Å². The van der Waals surface area contributed by atoms with Crippen molar-refractivity contribution in [2.24, 2.45) is 5.92 Å². The molecular formula is C23H25ClN4O2. The van der Waals surface area contributed by atoms with Gasteiger partial charge in [0.15, 0.2) is 5.69 Å². The third-order valence-electron chi connectivity index (χ3n) is 6.55. The van der Waals surface area contributed by atoms with Gasteiger partial charge in [-0.2, -0.15) is 5.10 Å². The zero-order chi connectivity index (χ0) is 21.0. The number of aromatic amines is 1. The Morgan fingerprint density at radius 1 is 1.30 bits per heavy atom. The van der Waals surface area contributed by atoms with Gasteiger partial charge in [0.05, 0.1) is 11.9 Å². The average Bonchev–Trinajstić information content (AvgIpc) is 3.45. The second-order valence-electron chi connectivity index (χ2n) is 8.74. The summed E-state index contributed by atoms with van der Waals surface area (Å²) in [6, 6.07) is 5.74. The second kappa shape index (κ2) is 7.27. The Kier molecular flexibility index (Phi) is 4.69. The van der Waals surface area contributed by atoms with Crippen molar-refractivity contribution in [1.82, 2.24) is 19.9 Å². The van der Waals surface area contributed by atoms with Crippen LogP contribution in [0.15, 0.2) is 29.2 Å². The first-order valence-electron chi connectivity index (χ1n) is 10.7. The van der Waals surface area contributed by atoms with Crippen LogP contribution in [-0.2, 0) is 0 Å². The fourth-order valence-corrected chi connectivity index (χ4v) is 4.42. The van der Waals surface area contributed by atoms with Crippen LogP contribution in [0.4, 0.5) is 0 Å². The molecule has 2 fully saturated rings. The first-order valence-corrected chi connectivity index (χ1v) is 11.0. The van der Waals surface area contributed by atoms with Crippen molar-refractivity contribution in [3.63, 3.8) is 0 Å². The van der Waals surface area contributed by atoms with E-state index in [0.29, 0.717) is 27.8 Å². The van der Waals surface area contributed by atoms with Gasteiger partial charge in [0.2, 0.25) is 0 Å². The maximum Gasteiger partial charge on any atom is 0.274 e. The molecule has 0 aliphatic heterocycles. The number of hydrogen-bond donors (Lipinski definition) is 2. The van der Waals surface area contributed by atoms with Crippen LogP contribution < -0.4 is 10.9 Å². The number of carbonyl (C=O) groups excluding carboxylic acids is 1. The van der Waals surface area contributed by atoms with Gasteiger partial charge in [0, 0.05) is 16.6 Å². The number of halogens is 1. The van der Waals surface area contributed by atoms with Crippen LogP contribution in [0.2, 0.25) is 5.02 Å². The molecule has 2 N–H and O–H groups in total. The molecule has 1 amide bonds. The molecule has 0 bridgehead atoms. The highest BCUT2D eigenvalue weighted by molar-refractivity contribution is 6.31. The van der Waals surface area contributed by atoms with Gasteiger partial charge in [-0.15, -0.1) is 0 Å². The van der Waals surface area contributed by atoms with Crippen molar-refractivity contribution in [3.8, 4) is 11.3 Å². The minimum atomic E-state index is -0.219. The molecule has 1 aromatic carbocycles. The summed E-state index contributed by atoms with van der Waals surface area (Å²) in [7, 11) is 0. The number of nitrogens with zero attached hydrogens (tertiary/aromatic N) is 2. The van der Waals surface area contributed by atoms with Crippen LogP contribution in [-0.4, -0.2) is 26.5 Å². The summed E-state index contributed by atoms with van der Waals surface area (Å²) in [5, 5.41) is 8.37. The number of aryl methyl sites for hydroxylation is 1. The highest BCUT2D eigenvalue weighted by atomic mass is 35.5. The Morgan fingerprint density at radius 2 is 2.07 bits per heavy atom. The summed E-state index contributed by atoms with van der Waals surface area (Å²) in [6.45, 7) is 3.97. The largest absolute Gasteiger partial charge is 0.348 e. The zero-order valence-electron chi connectivity index (χ0n) is 17.2. The molecule has 0 spiro atoms. The third-order valence-corrected chi connectivity index (χ3v) is 6.97. The molecule has 5 rings (SSSR count). The van der Waals surface area contributed by atoms with Gasteiger partial charge < -0.3 is 10.3 Å². The summed E-state index contributed by atoms with van der Waals surface area (Å²) < 4.78 is 1.59. The lowest BCUT2D eigenvalue weighted by Gasteiger charge is -2.25. The van der Waals surface area contributed by atoms with E-state index in [9.17, 15) is 9.59 Å². The Morgan fingerprint density at radius 3 is 2.70 bits per heavy atom. The van der Waals surface area contributed by atoms with Crippen molar-refractivity contribution in [3.05, 3.63) is 56.6 Å². The molecule has 7 heteroatoms. The van der Waals surface area contributed by atoms with Crippen molar-refractivity contribution >= 4 is 23.0 Å². The normalized spacial score (nSPS) is 17.7. The molecular weight excluding hydrogens is 400 g/mol. The summed E-state index contributed by atoms with van der Waals surface area (Å²) in [4.78, 5) is 29.1. The zero-order valence-corrected chi connectivity index (χ0v) is 17.9. The molecule has 2 aliphatic rings. The summed E-state index contributed by atoms with van der Waals surface area (Å²) in [5.41, 5.74) is 3.88. The van der Waals surface area contributed by atoms with Crippen LogP contribution in [0.5, 0.6) is 0 Å². The molecule has 2 aliphatic carbocycles. The Balaban J connectivity index is 1.61. The Bertz CT molecular complexity index is 1200. The number of benzene rings is 1. The highest BCUT2D eigenvalue weighted by Crippen LogP contribution is 2.40. The fourth-order valence-electron chi connectivity index (χ4n) is 4.30. The summed E-state index contributed by atoms with van der Waals surface area (Å²) in [6.07, 6.45) is 7.19. The van der Waals surface area contributed by atoms with Crippen LogP contribution in [0.1, 0.15) is 66.6 Å². The average molecular weight is 425 g/mol. The number of H-pyrrole nitrogens is 1. The number of aromatic nitrogens is 3. The van der Waals surface area contributed by atoms with Crippen molar-refractivity contribution < 1.29 is 4.79 Å². The molecule has 1 atom stereocenters. The van der Waals surface area contributed by atoms with Gasteiger partial charge in [0.1, 0.15) is 5.52 Å². The van der Waals surface area contributed by atoms with Crippen LogP contribution >= 0.6 is 11.6 Å². The Labute approximate surface area is 179 Å². The number of carbonyl (C=O) groups is 1. The number of amides is 1. The van der Waals surface area contributed by atoms with E-state index in [1.165, 1.54) is 0 Å². The molecule has 0 saturated heterocycles. The molecule has 2 heterocycles. The monoisotopic (exact) mass is 424 g/mol. The van der Waals surface area contributed by atoms with E-state index in [1.807, 2.05) is 32.0 Å². The number of nitrogens with one attached hydrogen (secondary N) is 2. The topological polar surface area (TPSA) is 79.3 Å². The maximum atomic E-state index is 13.1. The summed E-state index contributed by atoms with van der Waals surface area (Å²) in [5.74, 6) is 0.591. The van der Waals surface area contributed by atoms with Gasteiger partial charge in [-0.3, -0.25) is 9.59 Å². The standard InChI is InChI=1S/C23H25ClN4O2/c1-12-10-16(8-9-17(12)24)18-11-28-21(23(30)26-18)19(15-4-3-5-15)20(27-28)22(29)25-13(2)14-6-7-14/h8-11,13-15H,3-7H2,1-2H3,(H,25,29)(H,26,30)/t13-/m0/s1. The smallest absolute Gasteiger partial charge is 0.274 e. The number of fused-ring (bicyclic) bond motifs is 1. The molecule has 6 nitrogen and oxygen atoms in total. The lowest BCUT2D eigenvalue weighted by molar-refractivity contribution is 0.0928. The van der Waals surface area contributed by atoms with Crippen molar-refractivity contribution in [1.29, 1.82) is 0 Å². The maximum absolute atomic E-state index is 13.1. The third kappa shape index (κ3) is 3.33. The van der Waals surface area contributed by atoms with Gasteiger partial charge in [-0.05, 0) is 74.6 Å². The molecule has 30 heavy (non-hydrogen) atoms. The van der Waals surface area contributed by atoms with Crippen molar-refractivity contribution in [2.75, 3.05) is 0 Å². The predicted octanol–water partition coefficient (Wildman–Crippen LogP) is 4.45.